The van der Waals surface area contributed by atoms with Crippen molar-refractivity contribution < 1.29 is 9.52 Å². The van der Waals surface area contributed by atoms with Gasteiger partial charge >= 0.3 is 0 Å². The molecule has 2 N–H and O–H groups in total. The van der Waals surface area contributed by atoms with Crippen molar-refractivity contribution in [3.05, 3.63) is 42.1 Å². The number of rotatable bonds is 6. The zero-order chi connectivity index (χ0) is 12.1. The van der Waals surface area contributed by atoms with Gasteiger partial charge in [0.25, 0.3) is 0 Å². The molecule has 0 amide bonds. The molecule has 0 aliphatic heterocycles. The second kappa shape index (κ2) is 5.65. The van der Waals surface area contributed by atoms with E-state index >= 15 is 0 Å². The maximum atomic E-state index is 9.76. The molecule has 92 valence electrons. The Morgan fingerprint density at radius 1 is 1.59 bits per heavy atom. The van der Waals surface area contributed by atoms with Crippen LogP contribution in [0.25, 0.3) is 0 Å². The summed E-state index contributed by atoms with van der Waals surface area (Å²) in [6, 6.07) is 3.53. The largest absolute Gasteiger partial charge is 0.467 e. The van der Waals surface area contributed by atoms with Crippen LogP contribution in [-0.2, 0) is 13.1 Å². The van der Waals surface area contributed by atoms with E-state index in [2.05, 4.69) is 10.4 Å². The normalized spacial score (nSPS) is 12.8. The summed E-state index contributed by atoms with van der Waals surface area (Å²) in [7, 11) is 0. The number of aliphatic hydroxyl groups excluding tert-OH is 1. The van der Waals surface area contributed by atoms with Gasteiger partial charge in [-0.05, 0) is 19.1 Å². The maximum Gasteiger partial charge on any atom is 0.133 e. The summed E-state index contributed by atoms with van der Waals surface area (Å²) < 4.78 is 6.99. The predicted octanol–water partition coefficient (Wildman–Crippen LogP) is 1.32. The van der Waals surface area contributed by atoms with E-state index in [1.54, 1.807) is 18.4 Å². The molecule has 1 unspecified atom stereocenters. The molecule has 17 heavy (non-hydrogen) atoms. The highest BCUT2D eigenvalue weighted by molar-refractivity contribution is 5.05. The summed E-state index contributed by atoms with van der Waals surface area (Å²) in [5, 5.41) is 17.1. The zero-order valence-electron chi connectivity index (χ0n) is 9.84. The van der Waals surface area contributed by atoms with Crippen LogP contribution in [0.1, 0.15) is 24.4 Å². The molecule has 0 saturated heterocycles. The van der Waals surface area contributed by atoms with E-state index in [1.165, 1.54) is 0 Å². The van der Waals surface area contributed by atoms with Gasteiger partial charge in [-0.25, -0.2) is 0 Å². The Morgan fingerprint density at radius 3 is 3.12 bits per heavy atom. The van der Waals surface area contributed by atoms with E-state index in [9.17, 15) is 5.11 Å². The topological polar surface area (TPSA) is 63.2 Å². The minimum Gasteiger partial charge on any atom is -0.467 e. The fourth-order valence-corrected chi connectivity index (χ4v) is 1.61. The first kappa shape index (κ1) is 11.9. The van der Waals surface area contributed by atoms with Crippen molar-refractivity contribution in [1.82, 2.24) is 15.1 Å². The van der Waals surface area contributed by atoms with Crippen molar-refractivity contribution in [3.8, 4) is 0 Å². The quantitative estimate of drug-likeness (QED) is 0.792. The van der Waals surface area contributed by atoms with Gasteiger partial charge in [0.15, 0.2) is 0 Å². The van der Waals surface area contributed by atoms with Crippen LogP contribution < -0.4 is 5.32 Å². The SMILES string of the molecule is CCn1cc(CNCC(O)c2ccco2)cn1. The van der Waals surface area contributed by atoms with Crippen molar-refractivity contribution in [1.29, 1.82) is 0 Å². The highest BCUT2D eigenvalue weighted by Crippen LogP contribution is 2.11. The first-order valence-electron chi connectivity index (χ1n) is 5.73. The highest BCUT2D eigenvalue weighted by Gasteiger charge is 2.09. The smallest absolute Gasteiger partial charge is 0.133 e. The number of nitrogens with one attached hydrogen (secondary N) is 1. The van der Waals surface area contributed by atoms with E-state index in [-0.39, 0.29) is 0 Å². The van der Waals surface area contributed by atoms with Gasteiger partial charge in [-0.2, -0.15) is 5.10 Å². The Hall–Kier alpha value is -1.59. The number of hydrogen-bond acceptors (Lipinski definition) is 4. The van der Waals surface area contributed by atoms with E-state index < -0.39 is 6.10 Å². The van der Waals surface area contributed by atoms with Crippen LogP contribution in [0.5, 0.6) is 0 Å². The van der Waals surface area contributed by atoms with Crippen molar-refractivity contribution in [2.24, 2.45) is 0 Å². The minimum atomic E-state index is -0.605. The summed E-state index contributed by atoms with van der Waals surface area (Å²) in [6.45, 7) is 4.07. The average Bonchev–Trinajstić information content (AvgIpc) is 3.00. The molecule has 2 rings (SSSR count). The fraction of sp³-hybridized carbons (Fsp3) is 0.417. The van der Waals surface area contributed by atoms with E-state index in [0.717, 1.165) is 12.1 Å². The second-order valence-electron chi connectivity index (χ2n) is 3.87. The standard InChI is InChI=1S/C12H17N3O2/c1-2-15-9-10(7-14-15)6-13-8-11(16)12-4-3-5-17-12/h3-5,7,9,11,13,16H,2,6,8H2,1H3. The summed E-state index contributed by atoms with van der Waals surface area (Å²) in [4.78, 5) is 0. The lowest BCUT2D eigenvalue weighted by Gasteiger charge is -2.08. The van der Waals surface area contributed by atoms with Crippen LogP contribution in [-0.4, -0.2) is 21.4 Å². The number of aryl methyl sites for hydroxylation is 1. The summed E-state index contributed by atoms with van der Waals surface area (Å²) in [5.41, 5.74) is 1.11. The summed E-state index contributed by atoms with van der Waals surface area (Å²) in [5.74, 6) is 0.585. The van der Waals surface area contributed by atoms with Gasteiger partial charge in [-0.15, -0.1) is 0 Å². The fourth-order valence-electron chi connectivity index (χ4n) is 1.61. The predicted molar refractivity (Wildman–Crippen MR) is 63.3 cm³/mol. The van der Waals surface area contributed by atoms with Gasteiger partial charge in [0.2, 0.25) is 0 Å². The number of nitrogens with zero attached hydrogens (tertiary/aromatic N) is 2. The first-order chi connectivity index (χ1) is 8.29. The van der Waals surface area contributed by atoms with Gasteiger partial charge < -0.3 is 14.8 Å². The third kappa shape index (κ3) is 3.18. The molecule has 0 saturated carbocycles. The number of furan rings is 1. The molecule has 0 spiro atoms. The molecule has 5 nitrogen and oxygen atoms in total. The minimum absolute atomic E-state index is 0.463. The van der Waals surface area contributed by atoms with Gasteiger partial charge in [0.05, 0.1) is 12.5 Å². The first-order valence-corrected chi connectivity index (χ1v) is 5.73. The zero-order valence-corrected chi connectivity index (χ0v) is 9.84. The van der Waals surface area contributed by atoms with E-state index in [0.29, 0.717) is 18.8 Å². The molecule has 0 aliphatic carbocycles. The molecule has 2 heterocycles. The third-order valence-electron chi connectivity index (χ3n) is 2.55. The molecule has 0 aliphatic rings. The van der Waals surface area contributed by atoms with Crippen molar-refractivity contribution in [3.63, 3.8) is 0 Å². The Labute approximate surface area is 100 Å². The second-order valence-corrected chi connectivity index (χ2v) is 3.87. The monoisotopic (exact) mass is 235 g/mol. The van der Waals surface area contributed by atoms with Crippen LogP contribution >= 0.6 is 0 Å². The highest BCUT2D eigenvalue weighted by atomic mass is 16.4. The van der Waals surface area contributed by atoms with E-state index in [1.807, 2.05) is 24.0 Å². The average molecular weight is 235 g/mol. The molecule has 0 aromatic carbocycles. The molecule has 5 heteroatoms. The van der Waals surface area contributed by atoms with Gasteiger partial charge in [-0.3, -0.25) is 4.68 Å². The summed E-state index contributed by atoms with van der Waals surface area (Å²) >= 11 is 0. The molecule has 1 atom stereocenters. The summed E-state index contributed by atoms with van der Waals surface area (Å²) in [6.07, 6.45) is 4.78. The lowest BCUT2D eigenvalue weighted by molar-refractivity contribution is 0.147. The molecule has 2 aromatic rings. The lowest BCUT2D eigenvalue weighted by atomic mass is 10.2. The molecular formula is C12H17N3O2. The Morgan fingerprint density at radius 2 is 2.47 bits per heavy atom. The number of aliphatic hydroxyl groups is 1. The lowest BCUT2D eigenvalue weighted by Crippen LogP contribution is -2.20. The van der Waals surface area contributed by atoms with Crippen LogP contribution in [0, 0.1) is 0 Å². The van der Waals surface area contributed by atoms with Crippen LogP contribution in [0.4, 0.5) is 0 Å². The maximum absolute atomic E-state index is 9.76. The van der Waals surface area contributed by atoms with Crippen molar-refractivity contribution in [2.75, 3.05) is 6.54 Å². The molecule has 0 fully saturated rings. The third-order valence-corrected chi connectivity index (χ3v) is 2.55. The molecule has 0 radical (unpaired) electrons. The van der Waals surface area contributed by atoms with Crippen LogP contribution in [0.15, 0.2) is 35.2 Å². The molecule has 0 bridgehead atoms. The number of aromatic nitrogens is 2. The van der Waals surface area contributed by atoms with Crippen LogP contribution in [0.2, 0.25) is 0 Å². The van der Waals surface area contributed by atoms with Crippen molar-refractivity contribution >= 4 is 0 Å². The van der Waals surface area contributed by atoms with Gasteiger partial charge in [0, 0.05) is 31.4 Å². The van der Waals surface area contributed by atoms with Crippen LogP contribution in [0.3, 0.4) is 0 Å². The molecule has 2 aromatic heterocycles. The Kier molecular flexibility index (Phi) is 3.95. The van der Waals surface area contributed by atoms with Crippen molar-refractivity contribution in [2.45, 2.75) is 26.1 Å². The van der Waals surface area contributed by atoms with Gasteiger partial charge in [0.1, 0.15) is 11.9 Å². The Balaban J connectivity index is 1.76. The van der Waals surface area contributed by atoms with E-state index in [4.69, 9.17) is 4.42 Å². The molecular weight excluding hydrogens is 218 g/mol. The Bertz CT molecular complexity index is 436. The van der Waals surface area contributed by atoms with Gasteiger partial charge in [-0.1, -0.05) is 0 Å². The number of hydrogen-bond donors (Lipinski definition) is 2.